The molecule has 0 radical (unpaired) electrons. The van der Waals surface area contributed by atoms with E-state index in [1.54, 1.807) is 7.11 Å². The Balaban J connectivity index is 1.77. The summed E-state index contributed by atoms with van der Waals surface area (Å²) in [7, 11) is 1.74. The standard InChI is InChI=1S/C14H26N2O2/c1-18-10-14(6-3-7-14)9-16-13(17)11-4-2-5-12(15)8-11/h11-12H,2-10,15H2,1H3,(H,16,17)/t11-,12+/m1/s1. The van der Waals surface area contributed by atoms with E-state index < -0.39 is 0 Å². The van der Waals surface area contributed by atoms with Gasteiger partial charge >= 0.3 is 0 Å². The van der Waals surface area contributed by atoms with Gasteiger partial charge in [-0.3, -0.25) is 4.79 Å². The quantitative estimate of drug-likeness (QED) is 0.780. The molecule has 2 saturated carbocycles. The molecule has 2 fully saturated rings. The highest BCUT2D eigenvalue weighted by Crippen LogP contribution is 2.40. The number of amides is 1. The van der Waals surface area contributed by atoms with Crippen molar-refractivity contribution < 1.29 is 9.53 Å². The number of nitrogens with one attached hydrogen (secondary N) is 1. The molecule has 4 nitrogen and oxygen atoms in total. The molecule has 2 aliphatic rings. The van der Waals surface area contributed by atoms with Gasteiger partial charge in [0.15, 0.2) is 0 Å². The summed E-state index contributed by atoms with van der Waals surface area (Å²) in [4.78, 5) is 12.1. The zero-order valence-corrected chi connectivity index (χ0v) is 11.4. The Morgan fingerprint density at radius 1 is 1.39 bits per heavy atom. The zero-order valence-electron chi connectivity index (χ0n) is 11.4. The summed E-state index contributed by atoms with van der Waals surface area (Å²) >= 11 is 0. The summed E-state index contributed by atoms with van der Waals surface area (Å²) in [6, 6.07) is 0.214. The van der Waals surface area contributed by atoms with Crippen LogP contribution in [0.3, 0.4) is 0 Å². The van der Waals surface area contributed by atoms with Crippen molar-refractivity contribution in [1.82, 2.24) is 5.32 Å². The SMILES string of the molecule is COCC1(CNC(=O)[C@@H]2CCC[C@H](N)C2)CCC1. The van der Waals surface area contributed by atoms with Gasteiger partial charge in [0.05, 0.1) is 6.61 Å². The van der Waals surface area contributed by atoms with Crippen LogP contribution in [0.1, 0.15) is 44.9 Å². The molecule has 0 spiro atoms. The molecule has 0 bridgehead atoms. The maximum absolute atomic E-state index is 12.1. The average molecular weight is 254 g/mol. The first kappa shape index (κ1) is 13.8. The topological polar surface area (TPSA) is 64.3 Å². The van der Waals surface area contributed by atoms with Gasteiger partial charge < -0.3 is 15.8 Å². The molecule has 0 aromatic carbocycles. The number of carbonyl (C=O) groups excluding carboxylic acids is 1. The van der Waals surface area contributed by atoms with Crippen molar-refractivity contribution in [3.05, 3.63) is 0 Å². The van der Waals surface area contributed by atoms with Crippen molar-refractivity contribution in [2.45, 2.75) is 51.0 Å². The minimum Gasteiger partial charge on any atom is -0.384 e. The minimum absolute atomic E-state index is 0.133. The van der Waals surface area contributed by atoms with Gasteiger partial charge in [-0.1, -0.05) is 12.8 Å². The Labute approximate surface area is 110 Å². The summed E-state index contributed by atoms with van der Waals surface area (Å²) in [6.07, 6.45) is 7.60. The molecular weight excluding hydrogens is 228 g/mol. The molecule has 0 saturated heterocycles. The van der Waals surface area contributed by atoms with E-state index in [0.717, 1.165) is 38.8 Å². The maximum atomic E-state index is 12.1. The van der Waals surface area contributed by atoms with Crippen LogP contribution in [-0.4, -0.2) is 32.2 Å². The Morgan fingerprint density at radius 2 is 2.17 bits per heavy atom. The van der Waals surface area contributed by atoms with Gasteiger partial charge in [0.25, 0.3) is 0 Å². The van der Waals surface area contributed by atoms with Gasteiger partial charge in [0.1, 0.15) is 0 Å². The number of hydrogen-bond acceptors (Lipinski definition) is 3. The number of methoxy groups -OCH3 is 1. The van der Waals surface area contributed by atoms with Crippen molar-refractivity contribution in [2.75, 3.05) is 20.3 Å². The lowest BCUT2D eigenvalue weighted by atomic mass is 9.69. The lowest BCUT2D eigenvalue weighted by molar-refractivity contribution is -0.127. The number of nitrogens with two attached hydrogens (primary N) is 1. The lowest BCUT2D eigenvalue weighted by Crippen LogP contribution is -2.47. The van der Waals surface area contributed by atoms with E-state index in [4.69, 9.17) is 10.5 Å². The molecule has 104 valence electrons. The second-order valence-electron chi connectivity index (χ2n) is 6.13. The van der Waals surface area contributed by atoms with Crippen molar-refractivity contribution in [3.63, 3.8) is 0 Å². The van der Waals surface area contributed by atoms with E-state index in [2.05, 4.69) is 5.32 Å². The Kier molecular flexibility index (Phi) is 4.62. The zero-order chi connectivity index (χ0) is 13.0. The molecule has 4 heteroatoms. The van der Waals surface area contributed by atoms with Crippen LogP contribution in [-0.2, 0) is 9.53 Å². The fourth-order valence-electron chi connectivity index (χ4n) is 3.24. The highest BCUT2D eigenvalue weighted by atomic mass is 16.5. The summed E-state index contributed by atoms with van der Waals surface area (Å²) in [5, 5.41) is 3.13. The van der Waals surface area contributed by atoms with Gasteiger partial charge in [0.2, 0.25) is 5.91 Å². The van der Waals surface area contributed by atoms with Crippen LogP contribution in [0.4, 0.5) is 0 Å². The van der Waals surface area contributed by atoms with Crippen LogP contribution in [0.25, 0.3) is 0 Å². The fraction of sp³-hybridized carbons (Fsp3) is 0.929. The van der Waals surface area contributed by atoms with Crippen LogP contribution >= 0.6 is 0 Å². The molecular formula is C14H26N2O2. The second-order valence-corrected chi connectivity index (χ2v) is 6.13. The normalized spacial score (nSPS) is 30.6. The first-order valence-electron chi connectivity index (χ1n) is 7.17. The third-order valence-corrected chi connectivity index (χ3v) is 4.59. The monoisotopic (exact) mass is 254 g/mol. The number of carbonyl (C=O) groups is 1. The smallest absolute Gasteiger partial charge is 0.223 e. The van der Waals surface area contributed by atoms with E-state index in [1.165, 1.54) is 19.3 Å². The lowest BCUT2D eigenvalue weighted by Gasteiger charge is -2.41. The minimum atomic E-state index is 0.133. The van der Waals surface area contributed by atoms with Crippen LogP contribution in [0.2, 0.25) is 0 Å². The fourth-order valence-corrected chi connectivity index (χ4v) is 3.24. The van der Waals surface area contributed by atoms with Crippen LogP contribution in [0.5, 0.6) is 0 Å². The Morgan fingerprint density at radius 3 is 2.72 bits per heavy atom. The number of hydrogen-bond donors (Lipinski definition) is 2. The molecule has 2 atom stereocenters. The molecule has 2 aliphatic carbocycles. The van der Waals surface area contributed by atoms with Gasteiger partial charge in [-0.25, -0.2) is 0 Å². The first-order chi connectivity index (χ1) is 8.65. The second kappa shape index (κ2) is 6.02. The predicted molar refractivity (Wildman–Crippen MR) is 71.1 cm³/mol. The van der Waals surface area contributed by atoms with Gasteiger partial charge in [-0.15, -0.1) is 0 Å². The van der Waals surface area contributed by atoms with Crippen LogP contribution in [0, 0.1) is 11.3 Å². The molecule has 0 unspecified atom stereocenters. The van der Waals surface area contributed by atoms with Crippen molar-refractivity contribution in [3.8, 4) is 0 Å². The molecule has 0 aromatic heterocycles. The van der Waals surface area contributed by atoms with E-state index in [1.807, 2.05) is 0 Å². The summed E-state index contributed by atoms with van der Waals surface area (Å²) in [5.74, 6) is 0.334. The Hall–Kier alpha value is -0.610. The Bertz CT molecular complexity index is 290. The number of rotatable bonds is 5. The largest absolute Gasteiger partial charge is 0.384 e. The van der Waals surface area contributed by atoms with E-state index in [0.29, 0.717) is 0 Å². The summed E-state index contributed by atoms with van der Waals surface area (Å²) < 4.78 is 5.27. The van der Waals surface area contributed by atoms with Crippen molar-refractivity contribution >= 4 is 5.91 Å². The van der Waals surface area contributed by atoms with E-state index >= 15 is 0 Å². The number of ether oxygens (including phenoxy) is 1. The predicted octanol–water partition coefficient (Wildman–Crippen LogP) is 1.44. The highest BCUT2D eigenvalue weighted by Gasteiger charge is 2.37. The molecule has 1 amide bonds. The van der Waals surface area contributed by atoms with Gasteiger partial charge in [0, 0.05) is 31.0 Å². The van der Waals surface area contributed by atoms with Gasteiger partial charge in [-0.2, -0.15) is 0 Å². The summed E-state index contributed by atoms with van der Waals surface area (Å²) in [5.41, 5.74) is 6.14. The van der Waals surface area contributed by atoms with Gasteiger partial charge in [-0.05, 0) is 32.1 Å². The van der Waals surface area contributed by atoms with Crippen molar-refractivity contribution in [1.29, 1.82) is 0 Å². The van der Waals surface area contributed by atoms with Crippen LogP contribution < -0.4 is 11.1 Å². The van der Waals surface area contributed by atoms with Crippen LogP contribution in [0.15, 0.2) is 0 Å². The molecule has 0 aromatic rings. The van der Waals surface area contributed by atoms with Crippen molar-refractivity contribution in [2.24, 2.45) is 17.1 Å². The molecule has 18 heavy (non-hydrogen) atoms. The third kappa shape index (κ3) is 3.23. The highest BCUT2D eigenvalue weighted by molar-refractivity contribution is 5.78. The molecule has 3 N–H and O–H groups in total. The third-order valence-electron chi connectivity index (χ3n) is 4.59. The molecule has 0 aliphatic heterocycles. The molecule has 2 rings (SSSR count). The van der Waals surface area contributed by atoms with E-state index in [9.17, 15) is 4.79 Å². The molecule has 0 heterocycles. The average Bonchev–Trinajstić information content (AvgIpc) is 2.32. The maximum Gasteiger partial charge on any atom is 0.223 e. The summed E-state index contributed by atoms with van der Waals surface area (Å²) in [6.45, 7) is 1.53. The van der Waals surface area contributed by atoms with E-state index in [-0.39, 0.29) is 23.3 Å². The first-order valence-corrected chi connectivity index (χ1v) is 7.17.